The number of imidazole rings is 1. The average molecular weight is 336 g/mol. The van der Waals surface area contributed by atoms with Crippen molar-refractivity contribution in [2.24, 2.45) is 0 Å². The van der Waals surface area contributed by atoms with Gasteiger partial charge < -0.3 is 9.47 Å². The third-order valence-electron chi connectivity index (χ3n) is 4.63. The molecule has 1 unspecified atom stereocenters. The van der Waals surface area contributed by atoms with Gasteiger partial charge in [-0.15, -0.1) is 0 Å². The van der Waals surface area contributed by atoms with Crippen LogP contribution >= 0.6 is 0 Å². The predicted molar refractivity (Wildman–Crippen MR) is 91.9 cm³/mol. The van der Waals surface area contributed by atoms with Crippen molar-refractivity contribution in [3.05, 3.63) is 66.8 Å². The van der Waals surface area contributed by atoms with E-state index < -0.39 is 0 Å². The van der Waals surface area contributed by atoms with Crippen LogP contribution in [0.1, 0.15) is 28.8 Å². The number of carbonyl (C=O) groups is 1. The molecule has 0 N–H and O–H groups in total. The Bertz CT molecular complexity index is 810. The normalized spacial score (nSPS) is 17.1. The molecule has 7 nitrogen and oxygen atoms in total. The summed E-state index contributed by atoms with van der Waals surface area (Å²) in [6.45, 7) is 2.26. The summed E-state index contributed by atoms with van der Waals surface area (Å²) in [7, 11) is 0. The van der Waals surface area contributed by atoms with Crippen molar-refractivity contribution in [1.82, 2.24) is 29.2 Å². The van der Waals surface area contributed by atoms with Gasteiger partial charge in [0, 0.05) is 31.0 Å². The van der Waals surface area contributed by atoms with Gasteiger partial charge in [0.25, 0.3) is 5.91 Å². The number of rotatable bonds is 5. The van der Waals surface area contributed by atoms with E-state index in [0.29, 0.717) is 6.54 Å². The van der Waals surface area contributed by atoms with Crippen LogP contribution in [0.25, 0.3) is 0 Å². The number of carbonyl (C=O) groups excluding carboxylic acids is 1. The maximum Gasteiger partial charge on any atom is 0.254 e. The molecule has 3 aromatic rings. The first kappa shape index (κ1) is 15.6. The summed E-state index contributed by atoms with van der Waals surface area (Å²) < 4.78 is 3.80. The van der Waals surface area contributed by atoms with E-state index in [0.717, 1.165) is 37.1 Å². The largest absolute Gasteiger partial charge is 0.334 e. The number of nitrogens with zero attached hydrogens (tertiary/aromatic N) is 6. The minimum Gasteiger partial charge on any atom is -0.334 e. The maximum atomic E-state index is 12.9. The van der Waals surface area contributed by atoms with E-state index in [2.05, 4.69) is 15.1 Å². The second-order valence-corrected chi connectivity index (χ2v) is 6.34. The zero-order valence-corrected chi connectivity index (χ0v) is 13.9. The number of hydrogen-bond acceptors (Lipinski definition) is 4. The van der Waals surface area contributed by atoms with Crippen LogP contribution < -0.4 is 0 Å². The van der Waals surface area contributed by atoms with Crippen molar-refractivity contribution < 1.29 is 4.79 Å². The van der Waals surface area contributed by atoms with Gasteiger partial charge in [0.1, 0.15) is 12.7 Å². The minimum atomic E-state index is 0.0943. The Morgan fingerprint density at radius 1 is 1.16 bits per heavy atom. The first-order chi connectivity index (χ1) is 12.3. The Kier molecular flexibility index (Phi) is 4.28. The molecule has 1 aliphatic heterocycles. The molecular weight excluding hydrogens is 316 g/mol. The summed E-state index contributed by atoms with van der Waals surface area (Å²) in [5.41, 5.74) is 1.88. The fourth-order valence-electron chi connectivity index (χ4n) is 3.35. The minimum absolute atomic E-state index is 0.0943. The molecule has 0 spiro atoms. The molecule has 0 saturated carbocycles. The van der Waals surface area contributed by atoms with Crippen molar-refractivity contribution in [1.29, 1.82) is 0 Å². The van der Waals surface area contributed by atoms with E-state index in [1.54, 1.807) is 23.5 Å². The quantitative estimate of drug-likeness (QED) is 0.713. The SMILES string of the molecule is O=C(c1ccc(Cn2ccnc2)cc1)N1CCCC1Cn1cncn1. The highest BCUT2D eigenvalue weighted by Gasteiger charge is 2.29. The third-order valence-corrected chi connectivity index (χ3v) is 4.63. The van der Waals surface area contributed by atoms with E-state index in [4.69, 9.17) is 0 Å². The van der Waals surface area contributed by atoms with Crippen LogP contribution in [-0.4, -0.2) is 47.7 Å². The summed E-state index contributed by atoms with van der Waals surface area (Å²) in [6, 6.07) is 8.03. The predicted octanol–water partition coefficient (Wildman–Crippen LogP) is 1.83. The second-order valence-electron chi connectivity index (χ2n) is 6.34. The molecule has 3 heterocycles. The average Bonchev–Trinajstić information content (AvgIpc) is 3.38. The third kappa shape index (κ3) is 3.45. The molecule has 4 rings (SSSR count). The van der Waals surface area contributed by atoms with E-state index in [9.17, 15) is 4.79 Å². The van der Waals surface area contributed by atoms with Gasteiger partial charge in [-0.25, -0.2) is 9.97 Å². The van der Waals surface area contributed by atoms with Crippen molar-refractivity contribution in [2.45, 2.75) is 32.0 Å². The molecule has 128 valence electrons. The Morgan fingerprint density at radius 2 is 2.04 bits per heavy atom. The summed E-state index contributed by atoms with van der Waals surface area (Å²) in [5.74, 6) is 0.0943. The lowest BCUT2D eigenvalue weighted by atomic mass is 10.1. The Hall–Kier alpha value is -2.96. The molecular formula is C18H20N6O. The van der Waals surface area contributed by atoms with Crippen molar-refractivity contribution in [3.8, 4) is 0 Å². The van der Waals surface area contributed by atoms with E-state index in [-0.39, 0.29) is 11.9 Å². The van der Waals surface area contributed by atoms with Gasteiger partial charge in [-0.1, -0.05) is 12.1 Å². The Balaban J connectivity index is 1.44. The zero-order valence-electron chi connectivity index (χ0n) is 13.9. The zero-order chi connectivity index (χ0) is 17.1. The van der Waals surface area contributed by atoms with Gasteiger partial charge >= 0.3 is 0 Å². The molecule has 1 aromatic carbocycles. The Morgan fingerprint density at radius 3 is 2.76 bits per heavy atom. The van der Waals surface area contributed by atoms with Gasteiger partial charge in [-0.2, -0.15) is 5.10 Å². The Labute approximate surface area is 145 Å². The lowest BCUT2D eigenvalue weighted by Gasteiger charge is -2.24. The molecule has 1 fully saturated rings. The topological polar surface area (TPSA) is 68.8 Å². The van der Waals surface area contributed by atoms with Crippen molar-refractivity contribution in [2.75, 3.05) is 6.54 Å². The number of likely N-dealkylation sites (tertiary alicyclic amines) is 1. The molecule has 25 heavy (non-hydrogen) atoms. The molecule has 0 aliphatic carbocycles. The van der Waals surface area contributed by atoms with Gasteiger partial charge in [0.15, 0.2) is 0 Å². The lowest BCUT2D eigenvalue weighted by Crippen LogP contribution is -2.38. The van der Waals surface area contributed by atoms with Crippen LogP contribution in [0.3, 0.4) is 0 Å². The highest BCUT2D eigenvalue weighted by molar-refractivity contribution is 5.94. The number of hydrogen-bond donors (Lipinski definition) is 0. The van der Waals surface area contributed by atoms with E-state index in [1.165, 1.54) is 6.33 Å². The fraction of sp³-hybridized carbons (Fsp3) is 0.333. The number of amides is 1. The van der Waals surface area contributed by atoms with Crippen molar-refractivity contribution >= 4 is 5.91 Å². The molecule has 1 amide bonds. The first-order valence-electron chi connectivity index (χ1n) is 8.47. The molecule has 7 heteroatoms. The van der Waals surface area contributed by atoms with Crippen LogP contribution in [0, 0.1) is 0 Å². The smallest absolute Gasteiger partial charge is 0.254 e. The number of aromatic nitrogens is 5. The van der Waals surface area contributed by atoms with Crippen molar-refractivity contribution in [3.63, 3.8) is 0 Å². The van der Waals surface area contributed by atoms with Crippen LogP contribution in [0.2, 0.25) is 0 Å². The van der Waals surface area contributed by atoms with Crippen LogP contribution in [0.15, 0.2) is 55.6 Å². The van der Waals surface area contributed by atoms with E-state index >= 15 is 0 Å². The molecule has 1 aliphatic rings. The standard InChI is InChI=1S/C18H20N6O/c25-18(24-8-1-2-17(24)11-23-14-20-12-21-23)16-5-3-15(4-6-16)10-22-9-7-19-13-22/h3-7,9,12-14,17H,1-2,8,10-11H2. The summed E-state index contributed by atoms with van der Waals surface area (Å²) in [6.07, 6.45) is 10.7. The highest BCUT2D eigenvalue weighted by atomic mass is 16.2. The molecule has 2 aromatic heterocycles. The van der Waals surface area contributed by atoms with Crippen LogP contribution in [0.5, 0.6) is 0 Å². The lowest BCUT2D eigenvalue weighted by molar-refractivity contribution is 0.0721. The highest BCUT2D eigenvalue weighted by Crippen LogP contribution is 2.21. The van der Waals surface area contributed by atoms with Gasteiger partial charge in [-0.05, 0) is 30.5 Å². The summed E-state index contributed by atoms with van der Waals surface area (Å²) >= 11 is 0. The van der Waals surface area contributed by atoms with E-state index in [1.807, 2.05) is 39.9 Å². The molecule has 0 bridgehead atoms. The fourth-order valence-corrected chi connectivity index (χ4v) is 3.35. The van der Waals surface area contributed by atoms with Crippen LogP contribution in [0.4, 0.5) is 0 Å². The molecule has 1 atom stereocenters. The van der Waals surface area contributed by atoms with Gasteiger partial charge in [-0.3, -0.25) is 9.48 Å². The van der Waals surface area contributed by atoms with Gasteiger partial charge in [0.2, 0.25) is 0 Å². The molecule has 0 radical (unpaired) electrons. The molecule has 1 saturated heterocycles. The summed E-state index contributed by atoms with van der Waals surface area (Å²) in [5, 5.41) is 4.15. The number of benzene rings is 1. The maximum absolute atomic E-state index is 12.9. The summed E-state index contributed by atoms with van der Waals surface area (Å²) in [4.78, 5) is 22.9. The van der Waals surface area contributed by atoms with Gasteiger partial charge in [0.05, 0.1) is 18.9 Å². The monoisotopic (exact) mass is 336 g/mol. The first-order valence-corrected chi connectivity index (χ1v) is 8.47. The van der Waals surface area contributed by atoms with Crippen LogP contribution in [-0.2, 0) is 13.1 Å². The second kappa shape index (κ2) is 6.88.